The van der Waals surface area contributed by atoms with Gasteiger partial charge in [-0.05, 0) is 41.8 Å². The van der Waals surface area contributed by atoms with Gasteiger partial charge < -0.3 is 15.6 Å². The fourth-order valence-electron chi connectivity index (χ4n) is 1.93. The first-order valence-electron chi connectivity index (χ1n) is 6.34. The summed E-state index contributed by atoms with van der Waals surface area (Å²) in [6, 6.07) is 12.9. The molecule has 0 aliphatic carbocycles. The van der Waals surface area contributed by atoms with Crippen LogP contribution in [-0.4, -0.2) is 11.1 Å². The molecule has 2 aromatic carbocycles. The molecular formula is C16H17NO3. The molecule has 0 saturated heterocycles. The number of aryl methyl sites for hydroxylation is 1. The van der Waals surface area contributed by atoms with Gasteiger partial charge in [0.15, 0.2) is 0 Å². The number of aliphatic carboxylic acids is 1. The molecule has 0 fully saturated rings. The van der Waals surface area contributed by atoms with Gasteiger partial charge in [0.25, 0.3) is 0 Å². The van der Waals surface area contributed by atoms with Crippen LogP contribution in [0.5, 0.6) is 5.75 Å². The second kappa shape index (κ2) is 6.10. The van der Waals surface area contributed by atoms with E-state index >= 15 is 0 Å². The van der Waals surface area contributed by atoms with Crippen LogP contribution >= 0.6 is 0 Å². The largest absolute Gasteiger partial charge is 0.489 e. The lowest BCUT2D eigenvalue weighted by Crippen LogP contribution is -2.06. The maximum Gasteiger partial charge on any atom is 0.307 e. The average Bonchev–Trinajstić information content (AvgIpc) is 2.41. The van der Waals surface area contributed by atoms with Gasteiger partial charge in [-0.15, -0.1) is 0 Å². The molecule has 0 atom stereocenters. The number of ether oxygens (including phenoxy) is 1. The summed E-state index contributed by atoms with van der Waals surface area (Å²) in [6.45, 7) is 2.26. The number of anilines is 1. The smallest absolute Gasteiger partial charge is 0.307 e. The number of carboxylic acids is 1. The quantitative estimate of drug-likeness (QED) is 0.820. The third kappa shape index (κ3) is 3.51. The maximum absolute atomic E-state index is 10.8. The summed E-state index contributed by atoms with van der Waals surface area (Å²) < 4.78 is 5.70. The molecule has 0 bridgehead atoms. The molecule has 104 valence electrons. The summed E-state index contributed by atoms with van der Waals surface area (Å²) in [5.74, 6) is -0.123. The van der Waals surface area contributed by atoms with E-state index in [2.05, 4.69) is 0 Å². The highest BCUT2D eigenvalue weighted by Gasteiger charge is 2.07. The van der Waals surface area contributed by atoms with Crippen LogP contribution in [-0.2, 0) is 17.8 Å². The lowest BCUT2D eigenvalue weighted by molar-refractivity contribution is -0.136. The lowest BCUT2D eigenvalue weighted by Gasteiger charge is -2.11. The molecule has 0 aliphatic rings. The summed E-state index contributed by atoms with van der Waals surface area (Å²) in [4.78, 5) is 10.8. The fourth-order valence-corrected chi connectivity index (χ4v) is 1.93. The molecule has 3 N–H and O–H groups in total. The molecule has 4 nitrogen and oxygen atoms in total. The highest BCUT2D eigenvalue weighted by atomic mass is 16.5. The number of rotatable bonds is 5. The van der Waals surface area contributed by atoms with Crippen LogP contribution in [0.15, 0.2) is 42.5 Å². The van der Waals surface area contributed by atoms with Crippen molar-refractivity contribution in [3.05, 3.63) is 59.2 Å². The molecule has 0 radical (unpaired) electrons. The molecule has 0 amide bonds. The summed E-state index contributed by atoms with van der Waals surface area (Å²) in [7, 11) is 0. The van der Waals surface area contributed by atoms with Gasteiger partial charge in [-0.3, -0.25) is 4.79 Å². The third-order valence-electron chi connectivity index (χ3n) is 3.10. The minimum absolute atomic E-state index is 0.000297. The van der Waals surface area contributed by atoms with E-state index in [1.807, 2.05) is 37.3 Å². The molecule has 0 aliphatic heterocycles. The predicted octanol–water partition coefficient (Wildman–Crippen LogP) is 2.78. The number of nitrogens with two attached hydrogens (primary N) is 1. The van der Waals surface area contributed by atoms with Gasteiger partial charge in [0.1, 0.15) is 12.4 Å². The molecule has 0 spiro atoms. The maximum atomic E-state index is 10.8. The van der Waals surface area contributed by atoms with E-state index in [0.29, 0.717) is 6.61 Å². The summed E-state index contributed by atoms with van der Waals surface area (Å²) in [5.41, 5.74) is 9.09. The topological polar surface area (TPSA) is 72.5 Å². The van der Waals surface area contributed by atoms with Crippen LogP contribution in [0.2, 0.25) is 0 Å². The van der Waals surface area contributed by atoms with Crippen LogP contribution < -0.4 is 10.5 Å². The molecule has 4 heteroatoms. The summed E-state index contributed by atoms with van der Waals surface area (Å²) in [5, 5.41) is 8.89. The first kappa shape index (κ1) is 13.9. The van der Waals surface area contributed by atoms with Gasteiger partial charge in [0, 0.05) is 5.69 Å². The van der Waals surface area contributed by atoms with Crippen molar-refractivity contribution >= 4 is 11.7 Å². The van der Waals surface area contributed by atoms with Crippen LogP contribution in [0.1, 0.15) is 16.7 Å². The summed E-state index contributed by atoms with van der Waals surface area (Å²) in [6.07, 6.45) is 0.000297. The van der Waals surface area contributed by atoms with Crippen LogP contribution in [0.3, 0.4) is 0 Å². The number of hydrogen-bond donors (Lipinski definition) is 2. The zero-order chi connectivity index (χ0) is 14.5. The Hall–Kier alpha value is -2.49. The van der Waals surface area contributed by atoms with Gasteiger partial charge in [-0.1, -0.05) is 24.3 Å². The zero-order valence-electron chi connectivity index (χ0n) is 11.3. The minimum Gasteiger partial charge on any atom is -0.489 e. The van der Waals surface area contributed by atoms with Crippen LogP contribution in [0.4, 0.5) is 5.69 Å². The average molecular weight is 271 g/mol. The fraction of sp³-hybridized carbons (Fsp3) is 0.188. The molecule has 0 aromatic heterocycles. The van der Waals surface area contributed by atoms with Gasteiger partial charge in [-0.25, -0.2) is 0 Å². The Balaban J connectivity index is 2.10. The molecular weight excluding hydrogens is 254 g/mol. The van der Waals surface area contributed by atoms with Crippen molar-refractivity contribution in [1.29, 1.82) is 0 Å². The van der Waals surface area contributed by atoms with E-state index in [9.17, 15) is 4.79 Å². The second-order valence-corrected chi connectivity index (χ2v) is 4.65. The van der Waals surface area contributed by atoms with E-state index in [0.717, 1.165) is 28.1 Å². The zero-order valence-corrected chi connectivity index (χ0v) is 11.3. The van der Waals surface area contributed by atoms with Gasteiger partial charge >= 0.3 is 5.97 Å². The van der Waals surface area contributed by atoms with Gasteiger partial charge in [0.2, 0.25) is 0 Å². The van der Waals surface area contributed by atoms with Crippen molar-refractivity contribution < 1.29 is 14.6 Å². The van der Waals surface area contributed by atoms with Crippen molar-refractivity contribution in [2.45, 2.75) is 20.0 Å². The Bertz CT molecular complexity index is 623. The number of carboxylic acid groups (broad SMARTS) is 1. The van der Waals surface area contributed by atoms with E-state index in [1.54, 1.807) is 12.1 Å². The molecule has 20 heavy (non-hydrogen) atoms. The monoisotopic (exact) mass is 271 g/mol. The number of hydrogen-bond acceptors (Lipinski definition) is 3. The Kier molecular flexibility index (Phi) is 4.25. The lowest BCUT2D eigenvalue weighted by atomic mass is 10.1. The molecule has 2 rings (SSSR count). The normalized spacial score (nSPS) is 10.2. The molecule has 0 heterocycles. The highest BCUT2D eigenvalue weighted by Crippen LogP contribution is 2.20. The molecule has 2 aromatic rings. The first-order valence-corrected chi connectivity index (χ1v) is 6.34. The Labute approximate surface area is 117 Å². The molecule has 0 unspecified atom stereocenters. The van der Waals surface area contributed by atoms with Crippen molar-refractivity contribution in [3.8, 4) is 5.75 Å². The van der Waals surface area contributed by atoms with Crippen LogP contribution in [0.25, 0.3) is 0 Å². The minimum atomic E-state index is -0.847. The predicted molar refractivity (Wildman–Crippen MR) is 77.7 cm³/mol. The van der Waals surface area contributed by atoms with Crippen LogP contribution in [0, 0.1) is 6.92 Å². The molecule has 0 saturated carbocycles. The number of carbonyl (C=O) groups is 1. The second-order valence-electron chi connectivity index (χ2n) is 4.65. The van der Waals surface area contributed by atoms with Crippen molar-refractivity contribution in [2.75, 3.05) is 5.73 Å². The van der Waals surface area contributed by atoms with E-state index in [4.69, 9.17) is 15.6 Å². The van der Waals surface area contributed by atoms with E-state index < -0.39 is 5.97 Å². The third-order valence-corrected chi connectivity index (χ3v) is 3.10. The van der Waals surface area contributed by atoms with Gasteiger partial charge in [-0.2, -0.15) is 0 Å². The Morgan fingerprint density at radius 2 is 1.90 bits per heavy atom. The first-order chi connectivity index (χ1) is 9.56. The highest BCUT2D eigenvalue weighted by molar-refractivity contribution is 5.70. The standard InChI is InChI=1S/C16H17NO3/c1-11-8-14(6-7-15(11)17)20-10-13-5-3-2-4-12(13)9-16(18)19/h2-8H,9-10,17H2,1H3,(H,18,19). The van der Waals surface area contributed by atoms with Crippen molar-refractivity contribution in [2.24, 2.45) is 0 Å². The SMILES string of the molecule is Cc1cc(OCc2ccccc2CC(=O)O)ccc1N. The van der Waals surface area contributed by atoms with E-state index in [-0.39, 0.29) is 6.42 Å². The van der Waals surface area contributed by atoms with Crippen molar-refractivity contribution in [3.63, 3.8) is 0 Å². The van der Waals surface area contributed by atoms with E-state index in [1.165, 1.54) is 0 Å². The Morgan fingerprint density at radius 1 is 1.20 bits per heavy atom. The van der Waals surface area contributed by atoms with Gasteiger partial charge in [0.05, 0.1) is 6.42 Å². The summed E-state index contributed by atoms with van der Waals surface area (Å²) >= 11 is 0. The van der Waals surface area contributed by atoms with Crippen molar-refractivity contribution in [1.82, 2.24) is 0 Å². The number of benzene rings is 2. The number of nitrogen functional groups attached to an aromatic ring is 1. The Morgan fingerprint density at radius 3 is 2.55 bits per heavy atom.